The molecule has 88 valence electrons. The number of benzene rings is 1. The lowest BCUT2D eigenvalue weighted by Crippen LogP contribution is -2.30. The van der Waals surface area contributed by atoms with Crippen molar-refractivity contribution in [2.24, 2.45) is 5.92 Å². The zero-order valence-corrected chi connectivity index (χ0v) is 9.75. The average molecular weight is 246 g/mol. The Bertz CT molecular complexity index is 398. The maximum Gasteiger partial charge on any atom is 0.308 e. The Balaban J connectivity index is 2.77. The summed E-state index contributed by atoms with van der Waals surface area (Å²) in [4.78, 5) is 10.7. The lowest BCUT2D eigenvalue weighted by Gasteiger charge is -2.19. The van der Waals surface area contributed by atoms with Crippen LogP contribution in [0.3, 0.4) is 0 Å². The van der Waals surface area contributed by atoms with Gasteiger partial charge in [-0.15, -0.1) is 0 Å². The number of aliphatic carboxylic acids is 1. The minimum absolute atomic E-state index is 0.255. The maximum absolute atomic E-state index is 13.4. The second-order valence-corrected chi connectivity index (χ2v) is 4.12. The Kier molecular flexibility index (Phi) is 4.12. The SMILES string of the molecule is CC(Nc1ccc(Cl)cc1F)C(C)C(=O)O. The molecule has 0 spiro atoms. The molecule has 16 heavy (non-hydrogen) atoms. The van der Waals surface area contributed by atoms with E-state index in [1.807, 2.05) is 0 Å². The fourth-order valence-corrected chi connectivity index (χ4v) is 1.35. The van der Waals surface area contributed by atoms with Crippen molar-refractivity contribution in [1.82, 2.24) is 0 Å². The van der Waals surface area contributed by atoms with Crippen molar-refractivity contribution in [2.75, 3.05) is 5.32 Å². The molecular weight excluding hydrogens is 233 g/mol. The molecule has 0 fully saturated rings. The fraction of sp³-hybridized carbons (Fsp3) is 0.364. The molecule has 2 atom stereocenters. The molecule has 0 aliphatic heterocycles. The highest BCUT2D eigenvalue weighted by molar-refractivity contribution is 6.30. The number of anilines is 1. The highest BCUT2D eigenvalue weighted by atomic mass is 35.5. The number of hydrogen-bond donors (Lipinski definition) is 2. The van der Waals surface area contributed by atoms with E-state index in [1.165, 1.54) is 12.1 Å². The minimum Gasteiger partial charge on any atom is -0.481 e. The van der Waals surface area contributed by atoms with E-state index in [0.29, 0.717) is 5.02 Å². The van der Waals surface area contributed by atoms with Gasteiger partial charge in [0.25, 0.3) is 0 Å². The van der Waals surface area contributed by atoms with Crippen LogP contribution in [-0.4, -0.2) is 17.1 Å². The van der Waals surface area contributed by atoms with Crippen LogP contribution in [0, 0.1) is 11.7 Å². The van der Waals surface area contributed by atoms with E-state index in [0.717, 1.165) is 0 Å². The molecule has 1 aromatic carbocycles. The molecule has 0 aromatic heterocycles. The largest absolute Gasteiger partial charge is 0.481 e. The second-order valence-electron chi connectivity index (χ2n) is 3.68. The topological polar surface area (TPSA) is 49.3 Å². The average Bonchev–Trinajstić information content (AvgIpc) is 2.20. The highest BCUT2D eigenvalue weighted by Crippen LogP contribution is 2.20. The van der Waals surface area contributed by atoms with Crippen LogP contribution < -0.4 is 5.32 Å². The summed E-state index contributed by atoms with van der Waals surface area (Å²) in [7, 11) is 0. The molecule has 3 nitrogen and oxygen atoms in total. The Morgan fingerprint density at radius 3 is 2.62 bits per heavy atom. The zero-order valence-electron chi connectivity index (χ0n) is 9.00. The molecule has 0 saturated heterocycles. The van der Waals surface area contributed by atoms with E-state index in [1.54, 1.807) is 19.9 Å². The Labute approximate surface area is 98.2 Å². The molecule has 0 saturated carbocycles. The van der Waals surface area contributed by atoms with Crippen LogP contribution in [0.25, 0.3) is 0 Å². The van der Waals surface area contributed by atoms with Crippen molar-refractivity contribution < 1.29 is 14.3 Å². The normalized spacial score (nSPS) is 14.2. The molecule has 2 unspecified atom stereocenters. The molecule has 1 aromatic rings. The molecule has 0 radical (unpaired) electrons. The summed E-state index contributed by atoms with van der Waals surface area (Å²) in [5.74, 6) is -2.01. The van der Waals surface area contributed by atoms with Gasteiger partial charge in [-0.1, -0.05) is 11.6 Å². The van der Waals surface area contributed by atoms with Gasteiger partial charge in [0.05, 0.1) is 11.6 Å². The maximum atomic E-state index is 13.4. The Morgan fingerprint density at radius 1 is 1.50 bits per heavy atom. The third-order valence-electron chi connectivity index (χ3n) is 2.45. The van der Waals surface area contributed by atoms with Crippen LogP contribution in [-0.2, 0) is 4.79 Å². The monoisotopic (exact) mass is 245 g/mol. The van der Waals surface area contributed by atoms with Crippen LogP contribution in [0.1, 0.15) is 13.8 Å². The summed E-state index contributed by atoms with van der Waals surface area (Å²) in [5, 5.41) is 11.9. The van der Waals surface area contributed by atoms with Crippen molar-refractivity contribution in [3.05, 3.63) is 29.0 Å². The molecule has 0 aliphatic carbocycles. The molecule has 0 heterocycles. The van der Waals surface area contributed by atoms with Gasteiger partial charge in [0, 0.05) is 11.1 Å². The predicted molar refractivity (Wildman–Crippen MR) is 61.3 cm³/mol. The lowest BCUT2D eigenvalue weighted by molar-refractivity contribution is -0.141. The minimum atomic E-state index is -0.922. The number of carbonyl (C=O) groups is 1. The summed E-state index contributed by atoms with van der Waals surface area (Å²) < 4.78 is 13.4. The van der Waals surface area contributed by atoms with Gasteiger partial charge < -0.3 is 10.4 Å². The fourth-order valence-electron chi connectivity index (χ4n) is 1.19. The summed E-state index contributed by atoms with van der Waals surface area (Å²) in [6.45, 7) is 3.25. The van der Waals surface area contributed by atoms with E-state index in [-0.39, 0.29) is 11.7 Å². The smallest absolute Gasteiger partial charge is 0.308 e. The van der Waals surface area contributed by atoms with E-state index < -0.39 is 17.7 Å². The molecule has 0 bridgehead atoms. The van der Waals surface area contributed by atoms with Gasteiger partial charge in [0.15, 0.2) is 0 Å². The van der Waals surface area contributed by atoms with Gasteiger partial charge in [-0.3, -0.25) is 4.79 Å². The molecule has 2 N–H and O–H groups in total. The van der Waals surface area contributed by atoms with Gasteiger partial charge in [-0.2, -0.15) is 0 Å². The molecule has 0 aliphatic rings. The summed E-state index contributed by atoms with van der Waals surface area (Å²) in [5.41, 5.74) is 0.255. The van der Waals surface area contributed by atoms with Crippen molar-refractivity contribution in [3.63, 3.8) is 0 Å². The Morgan fingerprint density at radius 2 is 2.12 bits per heavy atom. The van der Waals surface area contributed by atoms with Crippen LogP contribution in [0.15, 0.2) is 18.2 Å². The second kappa shape index (κ2) is 5.16. The van der Waals surface area contributed by atoms with Crippen LogP contribution in [0.4, 0.5) is 10.1 Å². The quantitative estimate of drug-likeness (QED) is 0.857. The predicted octanol–water partition coefficient (Wildman–Crippen LogP) is 3.00. The number of halogens is 2. The van der Waals surface area contributed by atoms with Gasteiger partial charge in [-0.05, 0) is 32.0 Å². The first kappa shape index (κ1) is 12.8. The molecule has 0 amide bonds. The van der Waals surface area contributed by atoms with Crippen molar-refractivity contribution >= 4 is 23.3 Å². The van der Waals surface area contributed by atoms with Crippen LogP contribution >= 0.6 is 11.6 Å². The molecule has 1 rings (SSSR count). The first-order valence-corrected chi connectivity index (χ1v) is 5.24. The summed E-state index contributed by atoms with van der Waals surface area (Å²) >= 11 is 5.60. The standard InChI is InChI=1S/C11H13ClFNO2/c1-6(11(15)16)7(2)14-10-4-3-8(12)5-9(10)13/h3-7,14H,1-2H3,(H,15,16). The van der Waals surface area contributed by atoms with Crippen LogP contribution in [0.2, 0.25) is 5.02 Å². The van der Waals surface area contributed by atoms with Crippen molar-refractivity contribution in [2.45, 2.75) is 19.9 Å². The van der Waals surface area contributed by atoms with Gasteiger partial charge in [-0.25, -0.2) is 4.39 Å². The molecular formula is C11H13ClFNO2. The summed E-state index contributed by atoms with van der Waals surface area (Å²) in [6.07, 6.45) is 0. The van der Waals surface area contributed by atoms with E-state index in [9.17, 15) is 9.18 Å². The van der Waals surface area contributed by atoms with Crippen molar-refractivity contribution in [1.29, 1.82) is 0 Å². The van der Waals surface area contributed by atoms with Crippen LogP contribution in [0.5, 0.6) is 0 Å². The highest BCUT2D eigenvalue weighted by Gasteiger charge is 2.19. The lowest BCUT2D eigenvalue weighted by atomic mass is 10.0. The van der Waals surface area contributed by atoms with Gasteiger partial charge in [0.2, 0.25) is 0 Å². The van der Waals surface area contributed by atoms with Gasteiger partial charge in [0.1, 0.15) is 5.82 Å². The third kappa shape index (κ3) is 3.10. The first-order valence-electron chi connectivity index (χ1n) is 4.86. The first-order chi connectivity index (χ1) is 7.41. The number of hydrogen-bond acceptors (Lipinski definition) is 2. The number of nitrogens with one attached hydrogen (secondary N) is 1. The van der Waals surface area contributed by atoms with E-state index >= 15 is 0 Å². The number of carboxylic acids is 1. The van der Waals surface area contributed by atoms with Crippen molar-refractivity contribution in [3.8, 4) is 0 Å². The van der Waals surface area contributed by atoms with E-state index in [2.05, 4.69) is 5.32 Å². The van der Waals surface area contributed by atoms with E-state index in [4.69, 9.17) is 16.7 Å². The number of carboxylic acid groups (broad SMARTS) is 1. The molecule has 5 heteroatoms. The summed E-state index contributed by atoms with van der Waals surface area (Å²) in [6, 6.07) is 3.85. The zero-order chi connectivity index (χ0) is 12.3. The van der Waals surface area contributed by atoms with Gasteiger partial charge >= 0.3 is 5.97 Å². The third-order valence-corrected chi connectivity index (χ3v) is 2.69. The number of rotatable bonds is 4. The Hall–Kier alpha value is -1.29.